The summed E-state index contributed by atoms with van der Waals surface area (Å²) in [6.07, 6.45) is 29.0. The normalized spacial score (nSPS) is 14.8. The van der Waals surface area contributed by atoms with Crippen LogP contribution in [-0.2, 0) is 32.8 Å². The molecule has 0 aliphatic heterocycles. The molecule has 6 N–H and O–H groups in total. The van der Waals surface area contributed by atoms with Gasteiger partial charge in [-0.3, -0.25) is 10.1 Å². The smallest absolute Gasteiger partial charge is 0.376 e. The highest BCUT2D eigenvalue weighted by Crippen LogP contribution is 2.47. The van der Waals surface area contributed by atoms with Crippen LogP contribution in [0.4, 0.5) is 0 Å². The van der Waals surface area contributed by atoms with Crippen molar-refractivity contribution in [3.63, 3.8) is 0 Å². The van der Waals surface area contributed by atoms with Gasteiger partial charge in [-0.2, -0.15) is 13.9 Å². The third-order valence-electron chi connectivity index (χ3n) is 10.9. The van der Waals surface area contributed by atoms with E-state index >= 15 is 0 Å². The highest BCUT2D eigenvalue weighted by atomic mass is 31.2. The number of carbonyl (C=O) groups is 1. The summed E-state index contributed by atoms with van der Waals surface area (Å²) in [4.78, 5) is 35.2. The van der Waals surface area contributed by atoms with Crippen molar-refractivity contribution in [1.82, 2.24) is 10.6 Å². The second-order valence-corrected chi connectivity index (χ2v) is 18.3. The summed E-state index contributed by atoms with van der Waals surface area (Å²) in [7, 11) is -4.55. The average Bonchev–Trinajstić information content (AvgIpc) is 3.25. The van der Waals surface area contributed by atoms with Crippen LogP contribution in [0.3, 0.4) is 0 Å². The Morgan fingerprint density at radius 2 is 1.02 bits per heavy atom. The molecule has 372 valence electrons. The van der Waals surface area contributed by atoms with E-state index in [4.69, 9.17) is 28.0 Å². The first-order valence-electron chi connectivity index (χ1n) is 25.2. The van der Waals surface area contributed by atoms with Crippen LogP contribution in [0, 0.1) is 0 Å². The summed E-state index contributed by atoms with van der Waals surface area (Å²) < 4.78 is 32.3. The lowest BCUT2D eigenvalue weighted by Crippen LogP contribution is -2.35. The lowest BCUT2D eigenvalue weighted by molar-refractivity contribution is -0.250. The Labute approximate surface area is 379 Å². The van der Waals surface area contributed by atoms with Gasteiger partial charge in [-0.25, -0.2) is 0 Å². The molecule has 0 rings (SSSR count). The maximum Gasteiger partial charge on any atom is 0.376 e. The minimum atomic E-state index is -4.55. The van der Waals surface area contributed by atoms with E-state index in [2.05, 4.69) is 24.5 Å². The van der Waals surface area contributed by atoms with E-state index in [0.29, 0.717) is 45.8 Å². The predicted molar refractivity (Wildman–Crippen MR) is 248 cm³/mol. The molecule has 0 spiro atoms. The minimum absolute atomic E-state index is 0.0402. The quantitative estimate of drug-likeness (QED) is 0.0192. The van der Waals surface area contributed by atoms with Gasteiger partial charge in [-0.1, -0.05) is 168 Å². The highest BCUT2D eigenvalue weighted by Gasteiger charge is 2.30. The van der Waals surface area contributed by atoms with Crippen molar-refractivity contribution in [3.05, 3.63) is 0 Å². The van der Waals surface area contributed by atoms with E-state index in [9.17, 15) is 29.9 Å². The molecule has 0 aromatic carbocycles. The number of ether oxygens (including phenoxy) is 4. The van der Waals surface area contributed by atoms with Gasteiger partial charge in [-0.05, 0) is 39.0 Å². The van der Waals surface area contributed by atoms with E-state index in [-0.39, 0.29) is 38.5 Å². The molecule has 5 atom stereocenters. The molecule has 62 heavy (non-hydrogen) atoms. The van der Waals surface area contributed by atoms with Crippen LogP contribution in [0.25, 0.3) is 0 Å². The Balaban J connectivity index is 4.55. The zero-order valence-corrected chi connectivity index (χ0v) is 40.8. The summed E-state index contributed by atoms with van der Waals surface area (Å²) >= 11 is 0. The second-order valence-electron chi connectivity index (χ2n) is 16.8. The molecule has 0 heterocycles. The second kappa shape index (κ2) is 46.9. The third-order valence-corrected chi connectivity index (χ3v) is 11.9. The number of unbranched alkanes of at least 4 members (excludes halogenated alkanes) is 24. The number of amides is 1. The largest absolute Gasteiger partial charge is 0.606 e. The molecule has 0 bridgehead atoms. The summed E-state index contributed by atoms with van der Waals surface area (Å²) in [6.45, 7) is 7.95. The average molecular weight is 913 g/mol. The lowest BCUT2D eigenvalue weighted by atomic mass is 10.0. The monoisotopic (exact) mass is 913 g/mol. The van der Waals surface area contributed by atoms with Gasteiger partial charge in [0, 0.05) is 26.1 Å². The Morgan fingerprint density at radius 1 is 0.548 bits per heavy atom. The minimum Gasteiger partial charge on any atom is -0.606 e. The Kier molecular flexibility index (Phi) is 46.5. The maximum absolute atomic E-state index is 12.7. The predicted octanol–water partition coefficient (Wildman–Crippen LogP) is 8.91. The molecule has 0 aromatic rings. The summed E-state index contributed by atoms with van der Waals surface area (Å²) in [5.74, 6) is -0.350. The molecule has 15 heteroatoms. The topological polar surface area (TPSA) is 200 Å². The molecule has 0 aliphatic carbocycles. The fraction of sp³-hybridized carbons (Fsp3) is 0.979. The van der Waals surface area contributed by atoms with Crippen molar-refractivity contribution in [3.8, 4) is 0 Å². The number of phosphoric ester groups is 1. The number of aliphatic hydroxyl groups is 3. The molecular weight excluding hydrogens is 815 g/mol. The Bertz CT molecular complexity index is 928. The zero-order valence-electron chi connectivity index (χ0n) is 39.9. The van der Waals surface area contributed by atoms with Crippen LogP contribution >= 0.6 is 8.17 Å². The Hall–Kier alpha value is -0.580. The fourth-order valence-corrected chi connectivity index (χ4v) is 7.83. The third kappa shape index (κ3) is 46.0. The number of nitrogens with one attached hydrogen (secondary N) is 2. The molecule has 0 aliphatic rings. The van der Waals surface area contributed by atoms with E-state index in [0.717, 1.165) is 38.5 Å². The van der Waals surface area contributed by atoms with Gasteiger partial charge < -0.3 is 44.5 Å². The van der Waals surface area contributed by atoms with Gasteiger partial charge in [0.2, 0.25) is 5.91 Å². The van der Waals surface area contributed by atoms with Crippen molar-refractivity contribution in [2.45, 2.75) is 238 Å². The first kappa shape index (κ1) is 61.4. The molecule has 0 saturated carbocycles. The summed E-state index contributed by atoms with van der Waals surface area (Å²) in [5, 5.41) is 36.8. The molecule has 0 fully saturated rings. The number of aliphatic hydroxyl groups excluding tert-OH is 3. The van der Waals surface area contributed by atoms with Gasteiger partial charge >= 0.3 is 8.17 Å². The van der Waals surface area contributed by atoms with Crippen molar-refractivity contribution in [2.24, 2.45) is 0 Å². The Morgan fingerprint density at radius 3 is 1.52 bits per heavy atom. The van der Waals surface area contributed by atoms with Gasteiger partial charge in [0.25, 0.3) is 0 Å². The number of phosphoric acid groups is 1. The van der Waals surface area contributed by atoms with Crippen LogP contribution in [0.15, 0.2) is 0 Å². The molecular formula is C47H97N2O12P. The van der Waals surface area contributed by atoms with Gasteiger partial charge in [0.05, 0.1) is 26.4 Å². The maximum atomic E-state index is 12.7. The standard InChI is InChI=1S/C47H97N2O12P/c1-4-7-9-11-13-15-17-19-21-23-25-27-29-31-46(52)58-41-43(61-47(53)32-30-28-26-24-22-20-18-16-14-12-10-8-5-2)42-60-62(54,55)59-38-36-49-45(51)34-33-44(50)48-35-37-57-40-39-56-6-3/h43-44,46-48,50,52-53H,4-42H2,1-3H3,(H,49,51)(H,54,55)/t43-,44-,46-,47+/m1/s1. The van der Waals surface area contributed by atoms with Crippen LogP contribution < -0.4 is 15.5 Å². The molecule has 0 saturated heterocycles. The number of hydrogen-bond acceptors (Lipinski definition) is 13. The van der Waals surface area contributed by atoms with Crippen LogP contribution in [0.2, 0.25) is 0 Å². The molecule has 0 radical (unpaired) electrons. The fourth-order valence-electron chi connectivity index (χ4n) is 7.08. The lowest BCUT2D eigenvalue weighted by Gasteiger charge is -2.25. The zero-order chi connectivity index (χ0) is 45.6. The molecule has 1 amide bonds. The van der Waals surface area contributed by atoms with Gasteiger partial charge in [-0.15, -0.1) is 0 Å². The number of rotatable bonds is 51. The van der Waals surface area contributed by atoms with Crippen molar-refractivity contribution in [2.75, 3.05) is 59.3 Å². The van der Waals surface area contributed by atoms with Crippen LogP contribution in [0.1, 0.15) is 213 Å². The molecule has 14 nitrogen and oxygen atoms in total. The number of carbonyl (C=O) groups excluding carboxylic acids is 1. The SMILES string of the molecule is CCCCCCCCCCCCCCC[C@@H](O)O[C@H](CO[C@@H](O)CCCCCCCCCCCCCCC)CO[P+]([O-])(O)OCCNC(=O)CC[C@@H](O)NCCOCCOCC. The van der Waals surface area contributed by atoms with E-state index in [1.165, 1.54) is 128 Å². The van der Waals surface area contributed by atoms with E-state index in [1.54, 1.807) is 0 Å². The molecule has 1 unspecified atom stereocenters. The first-order valence-corrected chi connectivity index (χ1v) is 26.7. The van der Waals surface area contributed by atoms with Gasteiger partial charge in [0.1, 0.15) is 25.5 Å². The number of hydrogen-bond donors (Lipinski definition) is 6. The van der Waals surface area contributed by atoms with Crippen LogP contribution in [0.5, 0.6) is 0 Å². The van der Waals surface area contributed by atoms with Crippen molar-refractivity contribution >= 4 is 14.1 Å². The summed E-state index contributed by atoms with van der Waals surface area (Å²) in [5.41, 5.74) is 0. The first-order chi connectivity index (χ1) is 30.1. The summed E-state index contributed by atoms with van der Waals surface area (Å²) in [6, 6.07) is 0. The van der Waals surface area contributed by atoms with Crippen molar-refractivity contribution < 1.29 is 57.9 Å². The van der Waals surface area contributed by atoms with E-state index < -0.39 is 39.7 Å². The highest BCUT2D eigenvalue weighted by molar-refractivity contribution is 7.52. The van der Waals surface area contributed by atoms with Crippen molar-refractivity contribution in [1.29, 1.82) is 0 Å². The van der Waals surface area contributed by atoms with Crippen LogP contribution in [-0.4, -0.2) is 110 Å². The van der Waals surface area contributed by atoms with E-state index in [1.807, 2.05) is 6.92 Å². The van der Waals surface area contributed by atoms with Gasteiger partial charge in [0.15, 0.2) is 12.6 Å². The molecule has 0 aromatic heterocycles.